The van der Waals surface area contributed by atoms with Gasteiger partial charge < -0.3 is 5.32 Å². The quantitative estimate of drug-likeness (QED) is 0.823. The van der Waals surface area contributed by atoms with E-state index in [1.807, 2.05) is 0 Å². The molecule has 1 saturated carbocycles. The van der Waals surface area contributed by atoms with Gasteiger partial charge in [0, 0.05) is 12.2 Å². The third-order valence-electron chi connectivity index (χ3n) is 3.78. The minimum Gasteiger partial charge on any atom is -0.381 e. The van der Waals surface area contributed by atoms with Gasteiger partial charge in [-0.25, -0.2) is 0 Å². The molecule has 98 valence electrons. The van der Waals surface area contributed by atoms with Crippen LogP contribution in [0, 0.1) is 13.8 Å². The van der Waals surface area contributed by atoms with Gasteiger partial charge >= 0.3 is 0 Å². The van der Waals surface area contributed by atoms with Crippen LogP contribution in [0.3, 0.4) is 0 Å². The van der Waals surface area contributed by atoms with Crippen LogP contribution in [0.4, 0.5) is 5.69 Å². The van der Waals surface area contributed by atoms with Crippen LogP contribution in [-0.4, -0.2) is 0 Å². The van der Waals surface area contributed by atoms with Crippen LogP contribution in [0.25, 0.3) is 0 Å². The minimum atomic E-state index is 0.817. The average Bonchev–Trinajstić information content (AvgIpc) is 3.20. The maximum atomic E-state index is 3.57. The fourth-order valence-corrected chi connectivity index (χ4v) is 2.76. The summed E-state index contributed by atoms with van der Waals surface area (Å²) >= 11 is 0. The maximum absolute atomic E-state index is 3.57. The predicted octanol–water partition coefficient (Wildman–Crippen LogP) is 4.79. The Morgan fingerprint density at radius 3 is 2.37 bits per heavy atom. The maximum Gasteiger partial charge on any atom is 0.0403 e. The molecule has 1 fully saturated rings. The molecule has 0 unspecified atom stereocenters. The van der Waals surface area contributed by atoms with Crippen LogP contribution < -0.4 is 5.32 Å². The Kier molecular flexibility index (Phi) is 3.29. The molecule has 1 N–H and O–H groups in total. The van der Waals surface area contributed by atoms with E-state index in [0.29, 0.717) is 0 Å². The van der Waals surface area contributed by atoms with E-state index in [1.54, 1.807) is 5.56 Å². The highest BCUT2D eigenvalue weighted by molar-refractivity contribution is 5.49. The van der Waals surface area contributed by atoms with Gasteiger partial charge in [0.1, 0.15) is 0 Å². The molecule has 1 aliphatic rings. The molecule has 0 aromatic heterocycles. The number of hydrogen-bond donors (Lipinski definition) is 1. The van der Waals surface area contributed by atoms with Gasteiger partial charge in [-0.05, 0) is 67.0 Å². The van der Waals surface area contributed by atoms with Gasteiger partial charge in [-0.1, -0.05) is 30.3 Å². The van der Waals surface area contributed by atoms with Gasteiger partial charge in [0.15, 0.2) is 0 Å². The number of nitrogens with one attached hydrogen (secondary N) is 1. The summed E-state index contributed by atoms with van der Waals surface area (Å²) in [6.07, 6.45) is 2.72. The van der Waals surface area contributed by atoms with Crippen LogP contribution in [0.1, 0.15) is 41.0 Å². The van der Waals surface area contributed by atoms with Gasteiger partial charge in [-0.15, -0.1) is 0 Å². The van der Waals surface area contributed by atoms with Crippen molar-refractivity contribution in [2.24, 2.45) is 0 Å². The van der Waals surface area contributed by atoms with Crippen LogP contribution in [0.2, 0.25) is 0 Å². The van der Waals surface area contributed by atoms with Crippen LogP contribution in [0.15, 0.2) is 42.5 Å². The average molecular weight is 251 g/mol. The Bertz CT molecular complexity index is 562. The van der Waals surface area contributed by atoms with E-state index in [4.69, 9.17) is 0 Å². The lowest BCUT2D eigenvalue weighted by atomic mass is 10.0. The molecule has 3 rings (SSSR count). The van der Waals surface area contributed by atoms with E-state index in [1.165, 1.54) is 35.2 Å². The summed E-state index contributed by atoms with van der Waals surface area (Å²) in [6, 6.07) is 15.5. The topological polar surface area (TPSA) is 12.0 Å². The van der Waals surface area contributed by atoms with E-state index >= 15 is 0 Å². The fourth-order valence-electron chi connectivity index (χ4n) is 2.76. The van der Waals surface area contributed by atoms with Crippen molar-refractivity contribution in [3.8, 4) is 0 Å². The van der Waals surface area contributed by atoms with Crippen molar-refractivity contribution in [3.05, 3.63) is 64.7 Å². The molecule has 0 atom stereocenters. The zero-order valence-electron chi connectivity index (χ0n) is 11.7. The van der Waals surface area contributed by atoms with Gasteiger partial charge in [0.05, 0.1) is 0 Å². The molecular weight excluding hydrogens is 230 g/mol. The Morgan fingerprint density at radius 2 is 1.68 bits per heavy atom. The molecule has 1 heteroatoms. The van der Waals surface area contributed by atoms with Gasteiger partial charge in [-0.2, -0.15) is 0 Å². The first kappa shape index (κ1) is 12.3. The van der Waals surface area contributed by atoms with Crippen molar-refractivity contribution < 1.29 is 0 Å². The molecular formula is C18H21N. The smallest absolute Gasteiger partial charge is 0.0403 e. The third kappa shape index (κ3) is 2.98. The minimum absolute atomic E-state index is 0.817. The molecule has 1 aliphatic carbocycles. The molecule has 0 radical (unpaired) electrons. The number of benzene rings is 2. The molecule has 1 nitrogen and oxygen atoms in total. The molecule has 0 heterocycles. The van der Waals surface area contributed by atoms with Crippen molar-refractivity contribution in [2.45, 2.75) is 39.2 Å². The van der Waals surface area contributed by atoms with Crippen molar-refractivity contribution >= 4 is 5.69 Å². The lowest BCUT2D eigenvalue weighted by Gasteiger charge is -2.12. The van der Waals surface area contributed by atoms with Crippen molar-refractivity contribution in [2.75, 3.05) is 5.32 Å². The van der Waals surface area contributed by atoms with Crippen molar-refractivity contribution in [1.29, 1.82) is 0 Å². The largest absolute Gasteiger partial charge is 0.381 e. The number of rotatable bonds is 4. The van der Waals surface area contributed by atoms with Crippen molar-refractivity contribution in [3.63, 3.8) is 0 Å². The fraction of sp³-hybridized carbons (Fsp3) is 0.333. The molecule has 19 heavy (non-hydrogen) atoms. The van der Waals surface area contributed by atoms with Crippen LogP contribution >= 0.6 is 0 Å². The first-order valence-corrected chi connectivity index (χ1v) is 7.12. The predicted molar refractivity (Wildman–Crippen MR) is 81.7 cm³/mol. The third-order valence-corrected chi connectivity index (χ3v) is 3.78. The Hall–Kier alpha value is -1.76. The second kappa shape index (κ2) is 5.08. The highest BCUT2D eigenvalue weighted by Gasteiger charge is 2.25. The highest BCUT2D eigenvalue weighted by atomic mass is 14.9. The zero-order chi connectivity index (χ0) is 13.2. The Labute approximate surface area is 115 Å². The van der Waals surface area contributed by atoms with E-state index in [-0.39, 0.29) is 0 Å². The molecule has 0 saturated heterocycles. The van der Waals surface area contributed by atoms with Crippen molar-refractivity contribution in [1.82, 2.24) is 0 Å². The van der Waals surface area contributed by atoms with Crippen LogP contribution in [-0.2, 0) is 6.54 Å². The van der Waals surface area contributed by atoms with E-state index < -0.39 is 0 Å². The monoisotopic (exact) mass is 251 g/mol. The summed E-state index contributed by atoms with van der Waals surface area (Å²) in [7, 11) is 0. The molecule has 0 amide bonds. The summed E-state index contributed by atoms with van der Waals surface area (Å²) in [5.74, 6) is 0.817. The van der Waals surface area contributed by atoms with Gasteiger partial charge in [-0.3, -0.25) is 0 Å². The molecule has 0 spiro atoms. The lowest BCUT2D eigenvalue weighted by molar-refractivity contribution is 1.03. The number of hydrogen-bond acceptors (Lipinski definition) is 1. The summed E-state index contributed by atoms with van der Waals surface area (Å²) in [5, 5.41) is 3.57. The van der Waals surface area contributed by atoms with E-state index in [2.05, 4.69) is 61.6 Å². The summed E-state index contributed by atoms with van der Waals surface area (Å²) in [5.41, 5.74) is 6.85. The summed E-state index contributed by atoms with van der Waals surface area (Å²) in [4.78, 5) is 0. The summed E-state index contributed by atoms with van der Waals surface area (Å²) < 4.78 is 0. The normalized spacial score (nSPS) is 14.4. The first-order chi connectivity index (χ1) is 9.22. The first-order valence-electron chi connectivity index (χ1n) is 7.12. The second-order valence-corrected chi connectivity index (χ2v) is 5.70. The van der Waals surface area contributed by atoms with Crippen LogP contribution in [0.5, 0.6) is 0 Å². The van der Waals surface area contributed by atoms with Gasteiger partial charge in [0.2, 0.25) is 0 Å². The number of anilines is 1. The SMILES string of the molecule is Cc1cc(C)cc(NCc2ccccc2C2CC2)c1. The standard InChI is InChI=1S/C18H21N/c1-13-9-14(2)11-17(10-13)19-12-16-5-3-4-6-18(16)15-7-8-15/h3-6,9-11,15,19H,7-8,12H2,1-2H3. The van der Waals surface area contributed by atoms with E-state index in [0.717, 1.165) is 12.5 Å². The Morgan fingerprint density at radius 1 is 1.00 bits per heavy atom. The Balaban J connectivity index is 1.75. The highest BCUT2D eigenvalue weighted by Crippen LogP contribution is 2.41. The lowest BCUT2D eigenvalue weighted by Crippen LogP contribution is -2.02. The second-order valence-electron chi connectivity index (χ2n) is 5.70. The molecule has 0 aliphatic heterocycles. The molecule has 2 aromatic rings. The zero-order valence-corrected chi connectivity index (χ0v) is 11.7. The summed E-state index contributed by atoms with van der Waals surface area (Å²) in [6.45, 7) is 5.22. The number of aryl methyl sites for hydroxylation is 2. The van der Waals surface area contributed by atoms with Gasteiger partial charge in [0.25, 0.3) is 0 Å². The molecule has 0 bridgehead atoms. The molecule has 2 aromatic carbocycles. The van der Waals surface area contributed by atoms with E-state index in [9.17, 15) is 0 Å².